The van der Waals surface area contributed by atoms with Crippen LogP contribution in [0.3, 0.4) is 0 Å². The summed E-state index contributed by atoms with van der Waals surface area (Å²) in [6.07, 6.45) is 2.95. The number of aliphatic carboxylic acids is 1. The van der Waals surface area contributed by atoms with Crippen molar-refractivity contribution in [3.05, 3.63) is 0 Å². The van der Waals surface area contributed by atoms with E-state index < -0.39 is 5.97 Å². The van der Waals surface area contributed by atoms with Crippen LogP contribution in [0.2, 0.25) is 0 Å². The summed E-state index contributed by atoms with van der Waals surface area (Å²) < 4.78 is 0. The lowest BCUT2D eigenvalue weighted by Gasteiger charge is -2.36. The van der Waals surface area contributed by atoms with Gasteiger partial charge in [0.2, 0.25) is 5.91 Å². The van der Waals surface area contributed by atoms with Crippen molar-refractivity contribution in [2.24, 2.45) is 5.92 Å². The molecule has 0 aromatic heterocycles. The second kappa shape index (κ2) is 7.43. The summed E-state index contributed by atoms with van der Waals surface area (Å²) in [5.41, 5.74) is 0. The third-order valence-electron chi connectivity index (χ3n) is 3.76. The Balaban J connectivity index is 1.88. The third-order valence-corrected chi connectivity index (χ3v) is 5.90. The van der Waals surface area contributed by atoms with E-state index in [-0.39, 0.29) is 18.4 Å². The summed E-state index contributed by atoms with van der Waals surface area (Å²) in [5, 5.41) is 8.94. The van der Waals surface area contributed by atoms with E-state index >= 15 is 0 Å². The van der Waals surface area contributed by atoms with Crippen LogP contribution in [0.5, 0.6) is 0 Å². The van der Waals surface area contributed by atoms with Crippen LogP contribution in [0, 0.1) is 5.92 Å². The zero-order valence-electron chi connectivity index (χ0n) is 11.0. The maximum absolute atomic E-state index is 12.4. The molecule has 2 saturated heterocycles. The van der Waals surface area contributed by atoms with Crippen molar-refractivity contribution < 1.29 is 14.7 Å². The van der Waals surface area contributed by atoms with E-state index in [1.165, 1.54) is 0 Å². The number of carbonyl (C=O) groups excluding carboxylic acids is 1. The number of carboxylic acid groups (broad SMARTS) is 1. The molecule has 2 heterocycles. The molecular weight excluding hydrogens is 282 g/mol. The Morgan fingerprint density at radius 1 is 1.11 bits per heavy atom. The molecule has 0 aliphatic carbocycles. The van der Waals surface area contributed by atoms with Crippen molar-refractivity contribution in [3.8, 4) is 0 Å². The summed E-state index contributed by atoms with van der Waals surface area (Å²) in [4.78, 5) is 25.1. The zero-order chi connectivity index (χ0) is 13.7. The molecule has 6 heteroatoms. The van der Waals surface area contributed by atoms with Gasteiger partial charge in [-0.2, -0.15) is 23.5 Å². The molecule has 2 aliphatic rings. The molecule has 0 aromatic carbocycles. The molecule has 0 radical (unpaired) electrons. The van der Waals surface area contributed by atoms with Gasteiger partial charge in [-0.15, -0.1) is 0 Å². The normalized spacial score (nSPS) is 25.3. The smallest absolute Gasteiger partial charge is 0.305 e. The molecule has 2 rings (SSSR count). The van der Waals surface area contributed by atoms with E-state index in [0.717, 1.165) is 35.9 Å². The SMILES string of the molecule is O=C(O)CC1CSCCN1C(=O)CC1CCSCC1. The van der Waals surface area contributed by atoms with Crippen molar-refractivity contribution in [2.75, 3.05) is 29.6 Å². The molecular formula is C13H21NO3S2. The average Bonchev–Trinajstić information content (AvgIpc) is 2.39. The molecule has 1 amide bonds. The lowest BCUT2D eigenvalue weighted by Crippen LogP contribution is -2.47. The van der Waals surface area contributed by atoms with Crippen LogP contribution in [0.25, 0.3) is 0 Å². The van der Waals surface area contributed by atoms with Crippen molar-refractivity contribution in [1.82, 2.24) is 4.90 Å². The first-order chi connectivity index (χ1) is 9.16. The second-order valence-electron chi connectivity index (χ2n) is 5.17. The first-order valence-corrected chi connectivity index (χ1v) is 9.14. The predicted molar refractivity (Wildman–Crippen MR) is 79.7 cm³/mol. The van der Waals surface area contributed by atoms with E-state index in [2.05, 4.69) is 0 Å². The van der Waals surface area contributed by atoms with Crippen LogP contribution >= 0.6 is 23.5 Å². The molecule has 0 saturated carbocycles. The van der Waals surface area contributed by atoms with Crippen molar-refractivity contribution in [3.63, 3.8) is 0 Å². The number of carbonyl (C=O) groups is 2. The Labute approximate surface area is 122 Å². The Morgan fingerprint density at radius 2 is 1.84 bits per heavy atom. The van der Waals surface area contributed by atoms with Gasteiger partial charge in [0, 0.05) is 24.5 Å². The van der Waals surface area contributed by atoms with Crippen molar-refractivity contribution >= 4 is 35.4 Å². The summed E-state index contributed by atoms with van der Waals surface area (Å²) in [5.74, 6) is 3.89. The first kappa shape index (κ1) is 15.0. The molecule has 1 N–H and O–H groups in total. The zero-order valence-corrected chi connectivity index (χ0v) is 12.7. The first-order valence-electron chi connectivity index (χ1n) is 6.83. The van der Waals surface area contributed by atoms with E-state index in [1.54, 1.807) is 11.8 Å². The van der Waals surface area contributed by atoms with Gasteiger partial charge >= 0.3 is 5.97 Å². The number of carboxylic acids is 1. The summed E-state index contributed by atoms with van der Waals surface area (Å²) >= 11 is 3.72. The maximum Gasteiger partial charge on any atom is 0.305 e. The molecule has 19 heavy (non-hydrogen) atoms. The van der Waals surface area contributed by atoms with Gasteiger partial charge in [-0.3, -0.25) is 9.59 Å². The second-order valence-corrected chi connectivity index (χ2v) is 7.55. The molecule has 0 bridgehead atoms. The van der Waals surface area contributed by atoms with Gasteiger partial charge in [-0.1, -0.05) is 0 Å². The highest BCUT2D eigenvalue weighted by Gasteiger charge is 2.30. The Kier molecular flexibility index (Phi) is 5.88. The number of nitrogens with zero attached hydrogens (tertiary/aromatic N) is 1. The highest BCUT2D eigenvalue weighted by molar-refractivity contribution is 7.99. The largest absolute Gasteiger partial charge is 0.481 e. The topological polar surface area (TPSA) is 57.6 Å². The van der Waals surface area contributed by atoms with Crippen LogP contribution in [-0.2, 0) is 9.59 Å². The fourth-order valence-electron chi connectivity index (χ4n) is 2.67. The summed E-state index contributed by atoms with van der Waals surface area (Å²) in [7, 11) is 0. The van der Waals surface area contributed by atoms with Crippen LogP contribution in [0.4, 0.5) is 0 Å². The van der Waals surface area contributed by atoms with Gasteiger partial charge < -0.3 is 10.0 Å². The summed E-state index contributed by atoms with van der Waals surface area (Å²) in [6, 6.07) is -0.110. The maximum atomic E-state index is 12.4. The van der Waals surface area contributed by atoms with E-state index in [9.17, 15) is 9.59 Å². The fraction of sp³-hybridized carbons (Fsp3) is 0.846. The van der Waals surface area contributed by atoms with Crippen LogP contribution in [0.1, 0.15) is 25.7 Å². The molecule has 2 fully saturated rings. The van der Waals surface area contributed by atoms with Gasteiger partial charge in [-0.25, -0.2) is 0 Å². The minimum atomic E-state index is -0.806. The van der Waals surface area contributed by atoms with Gasteiger partial charge in [0.15, 0.2) is 0 Å². The fourth-order valence-corrected chi connectivity index (χ4v) is 4.94. The molecule has 2 aliphatic heterocycles. The minimum Gasteiger partial charge on any atom is -0.481 e. The van der Waals surface area contributed by atoms with Crippen molar-refractivity contribution in [2.45, 2.75) is 31.7 Å². The van der Waals surface area contributed by atoms with Crippen LogP contribution < -0.4 is 0 Å². The number of rotatable bonds is 4. The molecule has 108 valence electrons. The number of hydrogen-bond acceptors (Lipinski definition) is 4. The lowest BCUT2D eigenvalue weighted by atomic mass is 9.97. The molecule has 4 nitrogen and oxygen atoms in total. The minimum absolute atomic E-state index is 0.0826. The highest BCUT2D eigenvalue weighted by atomic mass is 32.2. The highest BCUT2D eigenvalue weighted by Crippen LogP contribution is 2.27. The van der Waals surface area contributed by atoms with Crippen LogP contribution in [-0.4, -0.2) is 57.5 Å². The van der Waals surface area contributed by atoms with Gasteiger partial charge in [0.25, 0.3) is 0 Å². The van der Waals surface area contributed by atoms with Gasteiger partial charge in [0.05, 0.1) is 12.5 Å². The van der Waals surface area contributed by atoms with E-state index in [0.29, 0.717) is 18.9 Å². The van der Waals surface area contributed by atoms with Gasteiger partial charge in [-0.05, 0) is 30.3 Å². The summed E-state index contributed by atoms with van der Waals surface area (Å²) in [6.45, 7) is 0.711. The monoisotopic (exact) mass is 303 g/mol. The molecule has 0 aromatic rings. The van der Waals surface area contributed by atoms with E-state index in [4.69, 9.17) is 5.11 Å². The molecule has 0 spiro atoms. The van der Waals surface area contributed by atoms with Crippen molar-refractivity contribution in [1.29, 1.82) is 0 Å². The number of thioether (sulfide) groups is 2. The Morgan fingerprint density at radius 3 is 2.53 bits per heavy atom. The van der Waals surface area contributed by atoms with E-state index in [1.807, 2.05) is 16.7 Å². The van der Waals surface area contributed by atoms with Gasteiger partial charge in [0.1, 0.15) is 0 Å². The Hall–Kier alpha value is -0.360. The number of amides is 1. The molecule has 1 unspecified atom stereocenters. The lowest BCUT2D eigenvalue weighted by molar-refractivity contribution is -0.140. The molecule has 1 atom stereocenters. The quantitative estimate of drug-likeness (QED) is 0.860. The van der Waals surface area contributed by atoms with Crippen LogP contribution in [0.15, 0.2) is 0 Å². The standard InChI is InChI=1S/C13H21NO3S2/c15-12(7-10-1-4-18-5-2-10)14-3-6-19-9-11(14)8-13(16)17/h10-11H,1-9H2,(H,16,17). The predicted octanol–water partition coefficient (Wildman–Crippen LogP) is 1.94. The number of hydrogen-bond donors (Lipinski definition) is 1. The Bertz CT molecular complexity index is 332. The third kappa shape index (κ3) is 4.60. The average molecular weight is 303 g/mol.